The van der Waals surface area contributed by atoms with E-state index in [1.807, 2.05) is 0 Å². The number of pyridine rings is 1. The summed E-state index contributed by atoms with van der Waals surface area (Å²) in [6.45, 7) is 3.75. The lowest BCUT2D eigenvalue weighted by Crippen LogP contribution is -2.40. The number of anilines is 1. The second kappa shape index (κ2) is 5.84. The monoisotopic (exact) mass is 302 g/mol. The second-order valence-electron chi connectivity index (χ2n) is 6.00. The highest BCUT2D eigenvalue weighted by molar-refractivity contribution is 5.75. The van der Waals surface area contributed by atoms with Gasteiger partial charge in [-0.1, -0.05) is 30.3 Å². The highest BCUT2D eigenvalue weighted by atomic mass is 15.1. The summed E-state index contributed by atoms with van der Waals surface area (Å²) in [5, 5.41) is 7.15. The van der Waals surface area contributed by atoms with Crippen molar-refractivity contribution in [2.75, 3.05) is 11.9 Å². The summed E-state index contributed by atoms with van der Waals surface area (Å²) in [7, 11) is 0. The van der Waals surface area contributed by atoms with Crippen molar-refractivity contribution in [2.24, 2.45) is 4.99 Å². The number of benzene rings is 2. The lowest BCUT2D eigenvalue weighted by atomic mass is 10.1. The van der Waals surface area contributed by atoms with Crippen molar-refractivity contribution in [1.82, 2.24) is 0 Å². The Morgan fingerprint density at radius 3 is 3.00 bits per heavy atom. The van der Waals surface area contributed by atoms with E-state index in [1.54, 1.807) is 0 Å². The summed E-state index contributed by atoms with van der Waals surface area (Å²) < 4.78 is 2.26. The van der Waals surface area contributed by atoms with E-state index in [9.17, 15) is 0 Å². The van der Waals surface area contributed by atoms with Crippen LogP contribution in [0.1, 0.15) is 12.0 Å². The number of nitrogens with one attached hydrogen (secondary N) is 1. The number of rotatable bonds is 3. The molecular weight excluding hydrogens is 282 g/mol. The molecule has 0 radical (unpaired) electrons. The third kappa shape index (κ3) is 2.70. The van der Waals surface area contributed by atoms with Crippen LogP contribution in [0, 0.1) is 6.92 Å². The van der Waals surface area contributed by atoms with Crippen molar-refractivity contribution in [2.45, 2.75) is 20.0 Å². The number of nitrogens with zero attached hydrogens (tertiary/aromatic N) is 2. The summed E-state index contributed by atoms with van der Waals surface area (Å²) in [6, 6.07) is 17.1. The van der Waals surface area contributed by atoms with Crippen molar-refractivity contribution in [1.29, 1.82) is 0 Å². The minimum Gasteiger partial charge on any atom is -0.328 e. The van der Waals surface area contributed by atoms with Gasteiger partial charge in [-0.25, -0.2) is 0 Å². The standard InChI is InChI=1S/C20H20N3/c1-15-12-17-6-2-3-10-19(17)23(13-15)14-22-18-9-4-7-16-8-5-11-21-20(16)18/h2-4,6-10,12-13,22H,5,11,14H2,1H3/q+1. The highest BCUT2D eigenvalue weighted by Gasteiger charge is 2.10. The molecule has 1 N–H and O–H groups in total. The molecule has 0 atom stereocenters. The van der Waals surface area contributed by atoms with Gasteiger partial charge < -0.3 is 5.32 Å². The van der Waals surface area contributed by atoms with E-state index in [4.69, 9.17) is 0 Å². The maximum Gasteiger partial charge on any atom is 0.222 e. The van der Waals surface area contributed by atoms with Crippen LogP contribution in [0.4, 0.5) is 5.69 Å². The SMILES string of the molecule is Cc1cc2ccccc2[n+](CNc2cccc3c2=NCCC=3)c1. The fraction of sp³-hybridized carbons (Fsp3) is 0.200. The maximum absolute atomic E-state index is 4.68. The second-order valence-corrected chi connectivity index (χ2v) is 6.00. The van der Waals surface area contributed by atoms with E-state index in [0.29, 0.717) is 0 Å². The van der Waals surface area contributed by atoms with E-state index in [0.717, 1.165) is 30.7 Å². The molecule has 2 aromatic carbocycles. The maximum atomic E-state index is 4.68. The van der Waals surface area contributed by atoms with Crippen molar-refractivity contribution in [3.63, 3.8) is 0 Å². The van der Waals surface area contributed by atoms with Crippen LogP contribution >= 0.6 is 0 Å². The summed E-state index contributed by atoms with van der Waals surface area (Å²) in [5.41, 5.74) is 3.61. The molecule has 1 aromatic heterocycles. The fourth-order valence-corrected chi connectivity index (χ4v) is 3.21. The van der Waals surface area contributed by atoms with Crippen LogP contribution in [0.15, 0.2) is 59.7 Å². The van der Waals surface area contributed by atoms with E-state index in [2.05, 4.69) is 82.6 Å². The molecule has 0 spiro atoms. The fourth-order valence-electron chi connectivity index (χ4n) is 3.21. The third-order valence-corrected chi connectivity index (χ3v) is 4.26. The van der Waals surface area contributed by atoms with E-state index in [1.165, 1.54) is 21.7 Å². The summed E-state index contributed by atoms with van der Waals surface area (Å²) in [6.07, 6.45) is 5.49. The molecule has 0 fully saturated rings. The number of hydrogen-bond donors (Lipinski definition) is 1. The quantitative estimate of drug-likeness (QED) is 0.739. The minimum atomic E-state index is 0.730. The Hall–Kier alpha value is -2.68. The Kier molecular flexibility index (Phi) is 3.54. The Morgan fingerprint density at radius 1 is 1.13 bits per heavy atom. The van der Waals surface area contributed by atoms with Gasteiger partial charge in [0.2, 0.25) is 12.2 Å². The van der Waals surface area contributed by atoms with Gasteiger partial charge in [-0.3, -0.25) is 4.99 Å². The zero-order valence-corrected chi connectivity index (χ0v) is 13.3. The van der Waals surface area contributed by atoms with Crippen LogP contribution in [-0.2, 0) is 6.67 Å². The molecule has 0 unspecified atom stereocenters. The molecule has 1 aliphatic rings. The summed E-state index contributed by atoms with van der Waals surface area (Å²) in [5.74, 6) is 0. The van der Waals surface area contributed by atoms with Crippen LogP contribution in [0.2, 0.25) is 0 Å². The van der Waals surface area contributed by atoms with Crippen LogP contribution in [-0.4, -0.2) is 6.54 Å². The van der Waals surface area contributed by atoms with Crippen molar-refractivity contribution in [3.05, 3.63) is 70.9 Å². The minimum absolute atomic E-state index is 0.730. The van der Waals surface area contributed by atoms with Gasteiger partial charge in [0.1, 0.15) is 0 Å². The van der Waals surface area contributed by atoms with Gasteiger partial charge in [0.15, 0.2) is 6.20 Å². The number of hydrogen-bond acceptors (Lipinski definition) is 2. The third-order valence-electron chi connectivity index (χ3n) is 4.26. The summed E-state index contributed by atoms with van der Waals surface area (Å²) in [4.78, 5) is 4.68. The van der Waals surface area contributed by atoms with E-state index in [-0.39, 0.29) is 0 Å². The zero-order chi connectivity index (χ0) is 15.6. The molecule has 4 rings (SSSR count). The van der Waals surface area contributed by atoms with Crippen LogP contribution in [0.25, 0.3) is 17.0 Å². The Morgan fingerprint density at radius 2 is 2.04 bits per heavy atom. The molecule has 0 saturated carbocycles. The molecule has 0 saturated heterocycles. The molecule has 114 valence electrons. The zero-order valence-electron chi connectivity index (χ0n) is 13.3. The molecule has 0 bridgehead atoms. The summed E-state index contributed by atoms with van der Waals surface area (Å²) >= 11 is 0. The van der Waals surface area contributed by atoms with E-state index < -0.39 is 0 Å². The number of fused-ring (bicyclic) bond motifs is 2. The molecule has 3 heteroatoms. The van der Waals surface area contributed by atoms with Crippen LogP contribution in [0.3, 0.4) is 0 Å². The first-order chi connectivity index (χ1) is 11.3. The average Bonchev–Trinajstić information content (AvgIpc) is 2.59. The number of aromatic nitrogens is 1. The molecule has 0 aliphatic carbocycles. The van der Waals surface area contributed by atoms with Gasteiger partial charge in [-0.05, 0) is 36.8 Å². The largest absolute Gasteiger partial charge is 0.328 e. The van der Waals surface area contributed by atoms with Gasteiger partial charge in [-0.2, -0.15) is 4.57 Å². The first-order valence-electron chi connectivity index (χ1n) is 8.08. The molecule has 2 heterocycles. The number of aryl methyl sites for hydroxylation is 1. The lowest BCUT2D eigenvalue weighted by Gasteiger charge is -2.08. The first-order valence-corrected chi connectivity index (χ1v) is 8.08. The first kappa shape index (κ1) is 13.9. The Labute approximate surface area is 135 Å². The van der Waals surface area contributed by atoms with Gasteiger partial charge in [0.05, 0.1) is 11.0 Å². The normalized spacial score (nSPS) is 13.1. The van der Waals surface area contributed by atoms with Crippen molar-refractivity contribution < 1.29 is 4.57 Å². The smallest absolute Gasteiger partial charge is 0.222 e. The molecule has 3 nitrogen and oxygen atoms in total. The van der Waals surface area contributed by atoms with Crippen molar-refractivity contribution >= 4 is 22.7 Å². The molecular formula is C20H20N3+. The Bertz CT molecular complexity index is 989. The van der Waals surface area contributed by atoms with Crippen LogP contribution in [0.5, 0.6) is 0 Å². The predicted molar refractivity (Wildman–Crippen MR) is 93.7 cm³/mol. The Balaban J connectivity index is 1.71. The molecule has 23 heavy (non-hydrogen) atoms. The number of para-hydroxylation sites is 2. The van der Waals surface area contributed by atoms with Gasteiger partial charge in [-0.15, -0.1) is 0 Å². The van der Waals surface area contributed by atoms with Gasteiger partial charge in [0.25, 0.3) is 0 Å². The predicted octanol–water partition coefficient (Wildman–Crippen LogP) is 2.31. The van der Waals surface area contributed by atoms with Crippen LogP contribution < -0.4 is 20.5 Å². The lowest BCUT2D eigenvalue weighted by molar-refractivity contribution is -0.665. The van der Waals surface area contributed by atoms with Gasteiger partial charge in [0, 0.05) is 23.6 Å². The van der Waals surface area contributed by atoms with Crippen molar-refractivity contribution in [3.8, 4) is 0 Å². The average molecular weight is 302 g/mol. The molecule has 0 amide bonds. The highest BCUT2D eigenvalue weighted by Crippen LogP contribution is 2.11. The van der Waals surface area contributed by atoms with E-state index >= 15 is 0 Å². The molecule has 3 aromatic rings. The van der Waals surface area contributed by atoms with Gasteiger partial charge >= 0.3 is 0 Å². The topological polar surface area (TPSA) is 28.3 Å². The molecule has 1 aliphatic heterocycles.